The predicted molar refractivity (Wildman–Crippen MR) is 99.0 cm³/mol. The second-order valence-electron chi connectivity index (χ2n) is 5.53. The first kappa shape index (κ1) is 19.2. The van der Waals surface area contributed by atoms with Gasteiger partial charge in [-0.15, -0.1) is 0 Å². The molecule has 0 heterocycles. The van der Waals surface area contributed by atoms with E-state index in [-0.39, 0.29) is 11.8 Å². The maximum atomic E-state index is 12.3. The van der Waals surface area contributed by atoms with Crippen LogP contribution in [0, 0.1) is 11.3 Å². The number of amides is 2. The maximum absolute atomic E-state index is 12.3. The number of carbonyl (C=O) groups is 2. The summed E-state index contributed by atoms with van der Waals surface area (Å²) in [6.07, 6.45) is 0.741. The topological polar surface area (TPSA) is 91.2 Å². The highest BCUT2D eigenvalue weighted by Crippen LogP contribution is 2.13. The Morgan fingerprint density at radius 3 is 2.54 bits per heavy atom. The van der Waals surface area contributed by atoms with Crippen molar-refractivity contribution >= 4 is 17.5 Å². The Hall–Kier alpha value is -3.17. The van der Waals surface area contributed by atoms with Crippen LogP contribution in [0.4, 0.5) is 5.69 Å². The van der Waals surface area contributed by atoms with Gasteiger partial charge in [-0.2, -0.15) is 5.26 Å². The van der Waals surface area contributed by atoms with Gasteiger partial charge in [0.1, 0.15) is 0 Å². The predicted octanol–water partition coefficient (Wildman–Crippen LogP) is 2.97. The SMILES string of the molecule is CCOCCCNC(=O)c1cccc(NC(=O)c2cccc(C#N)c2)c1. The highest BCUT2D eigenvalue weighted by Gasteiger charge is 2.09. The van der Waals surface area contributed by atoms with Crippen LogP contribution in [0.5, 0.6) is 0 Å². The van der Waals surface area contributed by atoms with Crippen molar-refractivity contribution in [2.45, 2.75) is 13.3 Å². The third-order valence-corrected chi connectivity index (χ3v) is 3.59. The van der Waals surface area contributed by atoms with Gasteiger partial charge in [0, 0.05) is 36.6 Å². The molecule has 26 heavy (non-hydrogen) atoms. The van der Waals surface area contributed by atoms with E-state index in [2.05, 4.69) is 10.6 Å². The van der Waals surface area contributed by atoms with E-state index in [4.69, 9.17) is 10.00 Å². The zero-order valence-electron chi connectivity index (χ0n) is 14.6. The molecule has 0 fully saturated rings. The Bertz CT molecular complexity index is 812. The molecule has 6 heteroatoms. The number of benzene rings is 2. The lowest BCUT2D eigenvalue weighted by Gasteiger charge is -2.09. The number of rotatable bonds is 8. The van der Waals surface area contributed by atoms with Gasteiger partial charge < -0.3 is 15.4 Å². The van der Waals surface area contributed by atoms with E-state index in [0.29, 0.717) is 42.1 Å². The number of anilines is 1. The van der Waals surface area contributed by atoms with Crippen molar-refractivity contribution in [2.75, 3.05) is 25.1 Å². The summed E-state index contributed by atoms with van der Waals surface area (Å²) in [5, 5.41) is 14.5. The molecular formula is C20H21N3O3. The Balaban J connectivity index is 1.96. The summed E-state index contributed by atoms with van der Waals surface area (Å²) < 4.78 is 5.22. The molecule has 2 amide bonds. The van der Waals surface area contributed by atoms with Gasteiger partial charge in [0.15, 0.2) is 0 Å². The second-order valence-corrected chi connectivity index (χ2v) is 5.53. The van der Waals surface area contributed by atoms with Crippen LogP contribution in [0.15, 0.2) is 48.5 Å². The van der Waals surface area contributed by atoms with Gasteiger partial charge in [-0.1, -0.05) is 12.1 Å². The number of nitriles is 1. The van der Waals surface area contributed by atoms with Crippen LogP contribution in [0.25, 0.3) is 0 Å². The van der Waals surface area contributed by atoms with E-state index in [0.717, 1.165) is 6.42 Å². The standard InChI is InChI=1S/C20H21N3O3/c1-2-26-11-5-10-22-19(24)17-8-4-9-18(13-17)23-20(25)16-7-3-6-15(12-16)14-21/h3-4,6-9,12-13H,2,5,10-11H2,1H3,(H,22,24)(H,23,25). The molecule has 0 bridgehead atoms. The summed E-state index contributed by atoms with van der Waals surface area (Å²) in [5.74, 6) is -0.541. The van der Waals surface area contributed by atoms with Gasteiger partial charge in [-0.3, -0.25) is 9.59 Å². The molecule has 0 atom stereocenters. The van der Waals surface area contributed by atoms with Crippen molar-refractivity contribution in [1.29, 1.82) is 5.26 Å². The first-order valence-corrected chi connectivity index (χ1v) is 8.41. The van der Waals surface area contributed by atoms with E-state index in [1.807, 2.05) is 13.0 Å². The number of hydrogen-bond acceptors (Lipinski definition) is 4. The molecule has 0 aliphatic carbocycles. The molecule has 2 aromatic rings. The van der Waals surface area contributed by atoms with Gasteiger partial charge in [0.25, 0.3) is 11.8 Å². The Labute approximate surface area is 152 Å². The van der Waals surface area contributed by atoms with Gasteiger partial charge in [-0.05, 0) is 49.7 Å². The van der Waals surface area contributed by atoms with Gasteiger partial charge in [0.05, 0.1) is 11.6 Å². The lowest BCUT2D eigenvalue weighted by atomic mass is 10.1. The summed E-state index contributed by atoms with van der Waals surface area (Å²) in [6, 6.07) is 15.1. The average Bonchev–Trinajstić information content (AvgIpc) is 2.68. The highest BCUT2D eigenvalue weighted by atomic mass is 16.5. The molecule has 0 spiro atoms. The van der Waals surface area contributed by atoms with Crippen molar-refractivity contribution in [3.63, 3.8) is 0 Å². The summed E-state index contributed by atoms with van der Waals surface area (Å²) >= 11 is 0. The molecule has 134 valence electrons. The van der Waals surface area contributed by atoms with E-state index in [1.54, 1.807) is 42.5 Å². The quantitative estimate of drug-likeness (QED) is 0.715. The van der Waals surface area contributed by atoms with E-state index >= 15 is 0 Å². The van der Waals surface area contributed by atoms with E-state index < -0.39 is 0 Å². The van der Waals surface area contributed by atoms with Gasteiger partial charge in [-0.25, -0.2) is 0 Å². The molecule has 0 unspecified atom stereocenters. The molecule has 0 aliphatic rings. The monoisotopic (exact) mass is 351 g/mol. The highest BCUT2D eigenvalue weighted by molar-refractivity contribution is 6.05. The van der Waals surface area contributed by atoms with Crippen molar-refractivity contribution < 1.29 is 14.3 Å². The second kappa shape index (κ2) is 9.97. The Morgan fingerprint density at radius 2 is 1.81 bits per heavy atom. The Morgan fingerprint density at radius 1 is 1.08 bits per heavy atom. The van der Waals surface area contributed by atoms with Crippen molar-refractivity contribution in [1.82, 2.24) is 5.32 Å². The summed E-state index contributed by atoms with van der Waals surface area (Å²) in [4.78, 5) is 24.5. The molecule has 6 nitrogen and oxygen atoms in total. The van der Waals surface area contributed by atoms with Crippen LogP contribution < -0.4 is 10.6 Å². The molecule has 2 rings (SSSR count). The van der Waals surface area contributed by atoms with Crippen LogP contribution in [0.2, 0.25) is 0 Å². The lowest BCUT2D eigenvalue weighted by Crippen LogP contribution is -2.25. The minimum Gasteiger partial charge on any atom is -0.382 e. The largest absolute Gasteiger partial charge is 0.382 e. The first-order valence-electron chi connectivity index (χ1n) is 8.41. The number of carbonyl (C=O) groups excluding carboxylic acids is 2. The average molecular weight is 351 g/mol. The van der Waals surface area contributed by atoms with Crippen molar-refractivity contribution in [3.8, 4) is 6.07 Å². The molecule has 0 aliphatic heterocycles. The molecule has 0 radical (unpaired) electrons. The molecule has 2 aromatic carbocycles. The van der Waals surface area contributed by atoms with Gasteiger partial charge in [0.2, 0.25) is 0 Å². The molecule has 0 aromatic heterocycles. The molecule has 0 saturated heterocycles. The normalized spacial score (nSPS) is 10.0. The smallest absolute Gasteiger partial charge is 0.255 e. The fourth-order valence-corrected chi connectivity index (χ4v) is 2.29. The van der Waals surface area contributed by atoms with Gasteiger partial charge >= 0.3 is 0 Å². The number of nitrogens with one attached hydrogen (secondary N) is 2. The zero-order chi connectivity index (χ0) is 18.8. The number of hydrogen-bond donors (Lipinski definition) is 2. The van der Waals surface area contributed by atoms with E-state index in [9.17, 15) is 9.59 Å². The van der Waals surface area contributed by atoms with Crippen LogP contribution in [-0.4, -0.2) is 31.6 Å². The summed E-state index contributed by atoms with van der Waals surface area (Å²) in [6.45, 7) is 3.72. The van der Waals surface area contributed by atoms with E-state index in [1.165, 1.54) is 6.07 Å². The Kier molecular flexibility index (Phi) is 7.34. The minimum absolute atomic E-state index is 0.205. The minimum atomic E-state index is -0.337. The fraction of sp³-hybridized carbons (Fsp3) is 0.250. The summed E-state index contributed by atoms with van der Waals surface area (Å²) in [7, 11) is 0. The number of nitrogens with zero attached hydrogens (tertiary/aromatic N) is 1. The third-order valence-electron chi connectivity index (χ3n) is 3.59. The zero-order valence-corrected chi connectivity index (χ0v) is 14.6. The molecule has 0 saturated carbocycles. The fourth-order valence-electron chi connectivity index (χ4n) is 2.29. The summed E-state index contributed by atoms with van der Waals surface area (Å²) in [5.41, 5.74) is 1.77. The lowest BCUT2D eigenvalue weighted by molar-refractivity contribution is 0.0943. The molecular weight excluding hydrogens is 330 g/mol. The maximum Gasteiger partial charge on any atom is 0.255 e. The number of ether oxygens (including phenoxy) is 1. The van der Waals surface area contributed by atoms with Crippen molar-refractivity contribution in [2.24, 2.45) is 0 Å². The van der Waals surface area contributed by atoms with Crippen LogP contribution in [0.1, 0.15) is 39.6 Å². The molecule has 2 N–H and O–H groups in total. The van der Waals surface area contributed by atoms with Crippen LogP contribution >= 0.6 is 0 Å². The van der Waals surface area contributed by atoms with Crippen LogP contribution in [-0.2, 0) is 4.74 Å². The third kappa shape index (κ3) is 5.72. The van der Waals surface area contributed by atoms with Crippen molar-refractivity contribution in [3.05, 3.63) is 65.2 Å². The van der Waals surface area contributed by atoms with Crippen LogP contribution in [0.3, 0.4) is 0 Å². The first-order chi connectivity index (χ1) is 12.6.